The minimum atomic E-state index is 0.134. The summed E-state index contributed by atoms with van der Waals surface area (Å²) in [5.41, 5.74) is 1.76. The molecule has 0 saturated heterocycles. The van der Waals surface area contributed by atoms with Crippen LogP contribution >= 0.6 is 0 Å². The van der Waals surface area contributed by atoms with Gasteiger partial charge in [-0.2, -0.15) is 0 Å². The van der Waals surface area contributed by atoms with Crippen LogP contribution in [0.2, 0.25) is 0 Å². The highest BCUT2D eigenvalue weighted by Crippen LogP contribution is 1.51. The maximum atomic E-state index is 8.03. The third-order valence-corrected chi connectivity index (χ3v) is 0.816. The summed E-state index contributed by atoms with van der Waals surface area (Å²) in [5.74, 6) is 0. The lowest BCUT2D eigenvalue weighted by Crippen LogP contribution is -1.88. The summed E-state index contributed by atoms with van der Waals surface area (Å²) in [6.45, 7) is 3.43. The van der Waals surface area contributed by atoms with Crippen molar-refractivity contribution in [2.24, 2.45) is 0 Å². The lowest BCUT2D eigenvalue weighted by Gasteiger charge is -1.71. The van der Waals surface area contributed by atoms with Crippen molar-refractivity contribution in [3.63, 3.8) is 0 Å². The molecule has 5 heavy (non-hydrogen) atoms. The van der Waals surface area contributed by atoms with Crippen LogP contribution in [0.25, 0.3) is 0 Å². The summed E-state index contributed by atoms with van der Waals surface area (Å²) in [6, 6.07) is 0. The predicted octanol–water partition coefficient (Wildman–Crippen LogP) is -0.484. The van der Waals surface area contributed by atoms with Crippen molar-refractivity contribution in [1.29, 1.82) is 0 Å². The van der Waals surface area contributed by atoms with Gasteiger partial charge in [0.05, 0.1) is 9.52 Å². The minimum Gasteiger partial charge on any atom is -0.400 e. The van der Waals surface area contributed by atoms with E-state index in [1.165, 1.54) is 0 Å². The number of aliphatic hydroxyl groups is 1. The molecule has 0 aliphatic heterocycles. The molecule has 0 aromatic heterocycles. The zero-order valence-corrected chi connectivity index (χ0v) is 4.17. The fourth-order valence-electron chi connectivity index (χ4n) is 0.0745. The Kier molecular flexibility index (Phi) is 3.85. The first-order valence-electron chi connectivity index (χ1n) is 1.47. The Bertz CT molecular complexity index is 28.1. The summed E-state index contributed by atoms with van der Waals surface area (Å²) >= 11 is 0. The molecular weight excluding hydrogens is 80.1 g/mol. The molecule has 0 rings (SSSR count). The molecule has 0 amide bonds. The molecule has 0 atom stereocenters. The van der Waals surface area contributed by atoms with E-state index in [2.05, 4.69) is 6.58 Å². The molecule has 1 N–H and O–H groups in total. The van der Waals surface area contributed by atoms with Crippen molar-refractivity contribution in [3.05, 3.63) is 12.3 Å². The fourth-order valence-corrected chi connectivity index (χ4v) is 0.224. The average Bonchev–Trinajstić information content (AvgIpc) is 1.41. The average molecular weight is 87.2 g/mol. The van der Waals surface area contributed by atoms with Crippen molar-refractivity contribution in [3.8, 4) is 0 Å². The highest BCUT2D eigenvalue weighted by Gasteiger charge is 1.65. The van der Waals surface area contributed by atoms with Crippen LogP contribution in [0.5, 0.6) is 0 Å². The van der Waals surface area contributed by atoms with Crippen LogP contribution in [-0.2, 0) is 0 Å². The van der Waals surface area contributed by atoms with E-state index in [1.54, 1.807) is 5.70 Å². The van der Waals surface area contributed by atoms with E-state index in [-0.39, 0.29) is 9.52 Å². The van der Waals surface area contributed by atoms with E-state index in [0.29, 0.717) is 6.23 Å². The molecule has 0 saturated carbocycles. The van der Waals surface area contributed by atoms with Gasteiger partial charge in [0.25, 0.3) is 0 Å². The normalized spacial score (nSPS) is 7.40. The van der Waals surface area contributed by atoms with Gasteiger partial charge >= 0.3 is 0 Å². The molecule has 1 radical (unpaired) electrons. The Morgan fingerprint density at radius 3 is 2.60 bits per heavy atom. The van der Waals surface area contributed by atoms with Crippen molar-refractivity contribution in [1.82, 2.24) is 0 Å². The van der Waals surface area contributed by atoms with Gasteiger partial charge in [0.15, 0.2) is 0 Å². The summed E-state index contributed by atoms with van der Waals surface area (Å²) < 4.78 is 0. The van der Waals surface area contributed by atoms with Gasteiger partial charge < -0.3 is 5.11 Å². The van der Waals surface area contributed by atoms with E-state index >= 15 is 0 Å². The molecular formula is C3H7OSi. The second-order valence-corrected chi connectivity index (χ2v) is 1.96. The number of hydrogen-bond donors (Lipinski definition) is 1. The number of hydrogen-bond acceptors (Lipinski definition) is 1. The molecule has 29 valence electrons. The van der Waals surface area contributed by atoms with Crippen LogP contribution < -0.4 is 0 Å². The van der Waals surface area contributed by atoms with Crippen LogP contribution in [0.4, 0.5) is 0 Å². The van der Waals surface area contributed by atoms with Crippen LogP contribution in [0.3, 0.4) is 0 Å². The Hall–Kier alpha value is -0.0831. The molecule has 0 aliphatic carbocycles. The Morgan fingerprint density at radius 2 is 2.60 bits per heavy atom. The van der Waals surface area contributed by atoms with Gasteiger partial charge in [-0.3, -0.25) is 0 Å². The molecule has 0 spiro atoms. The maximum absolute atomic E-state index is 8.03. The molecule has 0 aromatic rings. The van der Waals surface area contributed by atoms with Gasteiger partial charge in [-0.1, -0.05) is 0 Å². The largest absolute Gasteiger partial charge is 0.400 e. The molecule has 2 heteroatoms. The first-order chi connectivity index (χ1) is 2.41. The quantitative estimate of drug-likeness (QED) is 0.451. The molecule has 0 unspecified atom stereocenters. The second-order valence-electron chi connectivity index (χ2n) is 0.654. The summed E-state index contributed by atoms with van der Waals surface area (Å²) in [6.07, 6.45) is 0.309. The molecule has 0 aliphatic rings. The van der Waals surface area contributed by atoms with Gasteiger partial charge in [0, 0.05) is 6.23 Å². The van der Waals surface area contributed by atoms with E-state index in [1.807, 2.05) is 0 Å². The standard InChI is InChI=1S/C3H7OSi/c1-2-5-3-4/h2,4-5H,1,3H2. The lowest BCUT2D eigenvalue weighted by atomic mass is 11.3. The topological polar surface area (TPSA) is 20.2 Å². The van der Waals surface area contributed by atoms with Gasteiger partial charge in [0.2, 0.25) is 0 Å². The third-order valence-electron chi connectivity index (χ3n) is 0.272. The zero-order valence-electron chi connectivity index (χ0n) is 3.02. The number of rotatable bonds is 2. The third kappa shape index (κ3) is 3.92. The van der Waals surface area contributed by atoms with E-state index < -0.39 is 0 Å². The van der Waals surface area contributed by atoms with Crippen LogP contribution in [0.1, 0.15) is 0 Å². The second kappa shape index (κ2) is 3.92. The fraction of sp³-hybridized carbons (Fsp3) is 0.333. The van der Waals surface area contributed by atoms with Crippen molar-refractivity contribution >= 4 is 9.52 Å². The summed E-state index contributed by atoms with van der Waals surface area (Å²) in [7, 11) is 0.134. The highest BCUT2D eigenvalue weighted by molar-refractivity contribution is 6.41. The molecule has 0 heterocycles. The summed E-state index contributed by atoms with van der Waals surface area (Å²) in [4.78, 5) is 0. The van der Waals surface area contributed by atoms with Crippen molar-refractivity contribution < 1.29 is 5.11 Å². The first kappa shape index (κ1) is 4.92. The lowest BCUT2D eigenvalue weighted by molar-refractivity contribution is 0.367. The SMILES string of the molecule is C=C[SiH]CO. The van der Waals surface area contributed by atoms with Crippen molar-refractivity contribution in [2.75, 3.05) is 6.23 Å². The van der Waals surface area contributed by atoms with Gasteiger partial charge in [0.1, 0.15) is 0 Å². The minimum absolute atomic E-state index is 0.134. The Balaban J connectivity index is 2.40. The molecule has 0 bridgehead atoms. The van der Waals surface area contributed by atoms with Gasteiger partial charge in [-0.15, -0.1) is 12.3 Å². The first-order valence-corrected chi connectivity index (χ1v) is 2.95. The monoisotopic (exact) mass is 87.0 g/mol. The smallest absolute Gasteiger partial charge is 0.0878 e. The predicted molar refractivity (Wildman–Crippen MR) is 24.4 cm³/mol. The molecule has 0 fully saturated rings. The van der Waals surface area contributed by atoms with E-state index in [0.717, 1.165) is 0 Å². The van der Waals surface area contributed by atoms with Crippen molar-refractivity contribution in [2.45, 2.75) is 0 Å². The maximum Gasteiger partial charge on any atom is 0.0878 e. The number of aliphatic hydroxyl groups excluding tert-OH is 1. The van der Waals surface area contributed by atoms with E-state index in [9.17, 15) is 0 Å². The molecule has 0 aromatic carbocycles. The van der Waals surface area contributed by atoms with Gasteiger partial charge in [-0.05, 0) is 0 Å². The summed E-state index contributed by atoms with van der Waals surface area (Å²) in [5, 5.41) is 8.03. The van der Waals surface area contributed by atoms with Crippen LogP contribution in [0.15, 0.2) is 12.3 Å². The van der Waals surface area contributed by atoms with Gasteiger partial charge in [-0.25, -0.2) is 0 Å². The highest BCUT2D eigenvalue weighted by atomic mass is 28.2. The van der Waals surface area contributed by atoms with Crippen LogP contribution in [0, 0.1) is 0 Å². The van der Waals surface area contributed by atoms with Crippen LogP contribution in [-0.4, -0.2) is 20.9 Å². The zero-order chi connectivity index (χ0) is 4.12. The van der Waals surface area contributed by atoms with E-state index in [4.69, 9.17) is 5.11 Å². The Morgan fingerprint density at radius 1 is 2.00 bits per heavy atom. The molecule has 1 nitrogen and oxygen atoms in total. The Labute approximate surface area is 34.1 Å².